The number of ether oxygens (including phenoxy) is 1. The molecule has 0 spiro atoms. The van der Waals surface area contributed by atoms with Crippen LogP contribution in [-0.2, 0) is 4.74 Å². The van der Waals surface area contributed by atoms with Crippen LogP contribution in [0, 0.1) is 0 Å². The van der Waals surface area contributed by atoms with Crippen molar-refractivity contribution in [2.75, 3.05) is 4.90 Å². The minimum atomic E-state index is -0.438. The number of nitrogens with zero attached hydrogens (tertiary/aromatic N) is 1. The van der Waals surface area contributed by atoms with Gasteiger partial charge in [-0.3, -0.25) is 9.59 Å². The van der Waals surface area contributed by atoms with Crippen LogP contribution in [0.1, 0.15) is 63.2 Å². The Morgan fingerprint density at radius 2 is 1.59 bits per heavy atom. The van der Waals surface area contributed by atoms with E-state index in [1.165, 1.54) is 18.6 Å². The van der Waals surface area contributed by atoms with Gasteiger partial charge < -0.3 is 4.74 Å². The van der Waals surface area contributed by atoms with Crippen molar-refractivity contribution >= 4 is 39.4 Å². The molecule has 1 fully saturated rings. The fourth-order valence-corrected chi connectivity index (χ4v) is 3.86. The first-order valence-electron chi connectivity index (χ1n) is 9.04. The Morgan fingerprint density at radius 3 is 2.30 bits per heavy atom. The van der Waals surface area contributed by atoms with Gasteiger partial charge in [-0.05, 0) is 68.1 Å². The van der Waals surface area contributed by atoms with E-state index in [-0.39, 0.29) is 17.6 Å². The highest BCUT2D eigenvalue weighted by Crippen LogP contribution is 2.30. The number of halogens is 1. The molecule has 4 rings (SSSR count). The molecule has 1 aliphatic heterocycles. The van der Waals surface area contributed by atoms with E-state index in [0.717, 1.165) is 35.1 Å². The van der Waals surface area contributed by atoms with Gasteiger partial charge in [0.1, 0.15) is 6.10 Å². The van der Waals surface area contributed by atoms with Crippen molar-refractivity contribution < 1.29 is 19.1 Å². The number of anilines is 1. The molecule has 2 aromatic carbocycles. The average molecular weight is 428 g/mol. The summed E-state index contributed by atoms with van der Waals surface area (Å²) in [6.45, 7) is 0. The molecule has 6 heteroatoms. The Kier molecular flexibility index (Phi) is 4.83. The number of amides is 2. The van der Waals surface area contributed by atoms with Crippen molar-refractivity contribution in [3.8, 4) is 0 Å². The molecule has 1 saturated carbocycles. The maximum Gasteiger partial charge on any atom is 0.338 e. The molecule has 5 nitrogen and oxygen atoms in total. The van der Waals surface area contributed by atoms with E-state index in [9.17, 15) is 14.4 Å². The number of rotatable bonds is 3. The summed E-state index contributed by atoms with van der Waals surface area (Å²) in [6, 6.07) is 11.5. The number of fused-ring (bicyclic) bond motifs is 1. The van der Waals surface area contributed by atoms with Crippen LogP contribution in [0.5, 0.6) is 0 Å². The molecule has 2 aliphatic rings. The van der Waals surface area contributed by atoms with Gasteiger partial charge >= 0.3 is 5.97 Å². The third-order valence-corrected chi connectivity index (χ3v) is 5.56. The highest BCUT2D eigenvalue weighted by atomic mass is 79.9. The van der Waals surface area contributed by atoms with Crippen molar-refractivity contribution in [2.24, 2.45) is 0 Å². The fraction of sp³-hybridized carbons (Fsp3) is 0.286. The molecule has 0 saturated heterocycles. The number of hydrogen-bond donors (Lipinski definition) is 0. The molecule has 0 atom stereocenters. The summed E-state index contributed by atoms with van der Waals surface area (Å²) in [4.78, 5) is 39.1. The summed E-state index contributed by atoms with van der Waals surface area (Å²) in [5, 5.41) is 0. The second kappa shape index (κ2) is 7.27. The predicted octanol–water partition coefficient (Wildman–Crippen LogP) is 4.74. The SMILES string of the molecule is O=C(OC1CCCCC1)c1ccc2c(c1)C(=O)N(c1ccc(Br)cc1)C2=O. The number of esters is 1. The van der Waals surface area contributed by atoms with Crippen LogP contribution in [0.25, 0.3) is 0 Å². The Morgan fingerprint density at radius 1 is 0.926 bits per heavy atom. The van der Waals surface area contributed by atoms with Crippen LogP contribution >= 0.6 is 15.9 Å². The summed E-state index contributed by atoms with van der Waals surface area (Å²) in [5.74, 6) is -1.25. The molecule has 1 aliphatic carbocycles. The largest absolute Gasteiger partial charge is 0.459 e. The first-order valence-corrected chi connectivity index (χ1v) is 9.83. The van der Waals surface area contributed by atoms with Crippen molar-refractivity contribution in [3.63, 3.8) is 0 Å². The lowest BCUT2D eigenvalue weighted by Crippen LogP contribution is -2.29. The molecule has 0 aromatic heterocycles. The van der Waals surface area contributed by atoms with Gasteiger partial charge in [-0.15, -0.1) is 0 Å². The fourth-order valence-electron chi connectivity index (χ4n) is 3.59. The maximum absolute atomic E-state index is 12.8. The zero-order valence-electron chi connectivity index (χ0n) is 14.6. The van der Waals surface area contributed by atoms with E-state index in [0.29, 0.717) is 16.8 Å². The molecule has 0 unspecified atom stereocenters. The molecule has 138 valence electrons. The Bertz CT molecular complexity index is 916. The number of carbonyl (C=O) groups excluding carboxylic acids is 3. The van der Waals surface area contributed by atoms with Gasteiger partial charge in [0, 0.05) is 4.47 Å². The van der Waals surface area contributed by atoms with Crippen LogP contribution in [0.2, 0.25) is 0 Å². The number of hydrogen-bond acceptors (Lipinski definition) is 4. The lowest BCUT2D eigenvalue weighted by molar-refractivity contribution is 0.0211. The second-order valence-corrected chi connectivity index (χ2v) is 7.76. The number of carbonyl (C=O) groups is 3. The third kappa shape index (κ3) is 3.41. The molecule has 27 heavy (non-hydrogen) atoms. The molecular weight excluding hydrogens is 410 g/mol. The van der Waals surface area contributed by atoms with Gasteiger partial charge in [-0.1, -0.05) is 22.4 Å². The molecule has 0 bridgehead atoms. The van der Waals surface area contributed by atoms with Crippen molar-refractivity contribution in [2.45, 2.75) is 38.2 Å². The minimum Gasteiger partial charge on any atom is -0.459 e. The maximum atomic E-state index is 12.8. The van der Waals surface area contributed by atoms with E-state index < -0.39 is 11.9 Å². The van der Waals surface area contributed by atoms with Gasteiger partial charge in [-0.25, -0.2) is 9.69 Å². The third-order valence-electron chi connectivity index (χ3n) is 5.03. The van der Waals surface area contributed by atoms with Crippen molar-refractivity contribution in [1.82, 2.24) is 0 Å². The lowest BCUT2D eigenvalue weighted by Gasteiger charge is -2.21. The first kappa shape index (κ1) is 17.9. The van der Waals surface area contributed by atoms with Crippen LogP contribution in [-0.4, -0.2) is 23.9 Å². The quantitative estimate of drug-likeness (QED) is 0.524. The van der Waals surface area contributed by atoms with Gasteiger partial charge in [0.15, 0.2) is 0 Å². The number of benzene rings is 2. The minimum absolute atomic E-state index is 0.0592. The van der Waals surface area contributed by atoms with Gasteiger partial charge in [-0.2, -0.15) is 0 Å². The normalized spacial score (nSPS) is 17.1. The molecule has 2 aromatic rings. The molecular formula is C21H18BrNO4. The first-order chi connectivity index (χ1) is 13.0. The van der Waals surface area contributed by atoms with E-state index in [1.807, 2.05) is 0 Å². The second-order valence-electron chi connectivity index (χ2n) is 6.85. The van der Waals surface area contributed by atoms with Crippen molar-refractivity contribution in [1.29, 1.82) is 0 Å². The van der Waals surface area contributed by atoms with Crippen molar-refractivity contribution in [3.05, 3.63) is 63.6 Å². The van der Waals surface area contributed by atoms with Crippen LogP contribution in [0.4, 0.5) is 5.69 Å². The summed E-state index contributed by atoms with van der Waals surface area (Å²) in [6.07, 6.45) is 5.01. The zero-order chi connectivity index (χ0) is 19.0. The highest BCUT2D eigenvalue weighted by Gasteiger charge is 2.37. The van der Waals surface area contributed by atoms with Gasteiger partial charge in [0.2, 0.25) is 0 Å². The predicted molar refractivity (Wildman–Crippen MR) is 104 cm³/mol. The Labute approximate surface area is 165 Å². The highest BCUT2D eigenvalue weighted by molar-refractivity contribution is 9.10. The standard InChI is InChI=1S/C21H18BrNO4/c22-14-7-9-15(10-8-14)23-19(24)17-11-6-13(12-18(17)20(23)25)21(26)27-16-4-2-1-3-5-16/h6-12,16H,1-5H2. The monoisotopic (exact) mass is 427 g/mol. The summed E-state index contributed by atoms with van der Waals surface area (Å²) >= 11 is 3.34. The lowest BCUT2D eigenvalue weighted by atomic mass is 9.97. The van der Waals surface area contributed by atoms with Crippen LogP contribution < -0.4 is 4.90 Å². The molecule has 2 amide bonds. The van der Waals surface area contributed by atoms with Crippen LogP contribution in [0.3, 0.4) is 0 Å². The Hall–Kier alpha value is -2.47. The molecule has 0 N–H and O–H groups in total. The van der Waals surface area contributed by atoms with E-state index >= 15 is 0 Å². The van der Waals surface area contributed by atoms with E-state index in [4.69, 9.17) is 4.74 Å². The van der Waals surface area contributed by atoms with Crippen LogP contribution in [0.15, 0.2) is 46.9 Å². The summed E-state index contributed by atoms with van der Waals surface area (Å²) in [7, 11) is 0. The molecule has 1 heterocycles. The smallest absolute Gasteiger partial charge is 0.338 e. The van der Waals surface area contributed by atoms with E-state index in [1.54, 1.807) is 30.3 Å². The topological polar surface area (TPSA) is 63.7 Å². The van der Waals surface area contributed by atoms with E-state index in [2.05, 4.69) is 15.9 Å². The zero-order valence-corrected chi connectivity index (χ0v) is 16.2. The average Bonchev–Trinajstić information content (AvgIpc) is 2.93. The number of imide groups is 1. The van der Waals surface area contributed by atoms with Gasteiger partial charge in [0.05, 0.1) is 22.4 Å². The summed E-state index contributed by atoms with van der Waals surface area (Å²) in [5.41, 5.74) is 1.34. The molecule has 0 radical (unpaired) electrons. The Balaban J connectivity index is 1.58. The van der Waals surface area contributed by atoms with Gasteiger partial charge in [0.25, 0.3) is 11.8 Å². The summed E-state index contributed by atoms with van der Waals surface area (Å²) < 4.78 is 6.43.